The van der Waals surface area contributed by atoms with Gasteiger partial charge in [-0.2, -0.15) is 18.4 Å². The predicted octanol–water partition coefficient (Wildman–Crippen LogP) is 4.29. The van der Waals surface area contributed by atoms with E-state index in [0.29, 0.717) is 22.9 Å². The van der Waals surface area contributed by atoms with Crippen LogP contribution in [-0.4, -0.2) is 14.6 Å². The zero-order valence-corrected chi connectivity index (χ0v) is 15.9. The van der Waals surface area contributed by atoms with Gasteiger partial charge in [0.2, 0.25) is 0 Å². The van der Waals surface area contributed by atoms with Crippen molar-refractivity contribution in [2.45, 2.75) is 10.8 Å². The van der Waals surface area contributed by atoms with Crippen LogP contribution in [0.2, 0.25) is 5.02 Å². The Hall–Kier alpha value is -2.35. The van der Waals surface area contributed by atoms with Gasteiger partial charge in [-0.25, -0.2) is 0 Å². The molecule has 0 amide bonds. The van der Waals surface area contributed by atoms with Gasteiger partial charge in [0.05, 0.1) is 11.2 Å². The topological polar surface area (TPSA) is 67.8 Å². The van der Waals surface area contributed by atoms with Crippen LogP contribution in [0.4, 0.5) is 0 Å². The minimum atomic E-state index is -3.63. The second kappa shape index (κ2) is 8.35. The van der Waals surface area contributed by atoms with Crippen molar-refractivity contribution in [2.24, 2.45) is 5.10 Å². The van der Waals surface area contributed by atoms with E-state index in [1.54, 1.807) is 29.6 Å². The zero-order valence-electron chi connectivity index (χ0n) is 13.5. The summed E-state index contributed by atoms with van der Waals surface area (Å²) in [4.78, 5) is 2.17. The van der Waals surface area contributed by atoms with Gasteiger partial charge >= 0.3 is 0 Å². The van der Waals surface area contributed by atoms with Crippen molar-refractivity contribution in [2.75, 3.05) is 0 Å². The number of hydrogen-bond donors (Lipinski definition) is 1. The molecule has 0 spiro atoms. The van der Waals surface area contributed by atoms with E-state index in [1.807, 2.05) is 30.3 Å². The first-order valence-electron chi connectivity index (χ1n) is 7.59. The molecule has 26 heavy (non-hydrogen) atoms. The number of halogens is 1. The van der Waals surface area contributed by atoms with Crippen LogP contribution in [0, 0.1) is 0 Å². The van der Waals surface area contributed by atoms with Crippen LogP contribution in [0.15, 0.2) is 75.4 Å². The summed E-state index contributed by atoms with van der Waals surface area (Å²) in [5.74, 6) is 0.548. The lowest BCUT2D eigenvalue weighted by molar-refractivity contribution is 0.306. The summed E-state index contributed by atoms with van der Waals surface area (Å²) in [6.07, 6.45) is 1.39. The Morgan fingerprint density at radius 1 is 1.12 bits per heavy atom. The second-order valence-corrected chi connectivity index (χ2v) is 8.49. The standard InChI is InChI=1S/C18H15ClN2O3S2/c19-16-11-15(12-20-21-26(22,23)18-7-4-10-25-18)8-9-17(16)24-13-14-5-2-1-3-6-14/h1-12,21H,13H2/b20-12+. The Morgan fingerprint density at radius 2 is 1.92 bits per heavy atom. The zero-order chi connectivity index (χ0) is 18.4. The van der Waals surface area contributed by atoms with Gasteiger partial charge in [0, 0.05) is 0 Å². The minimum Gasteiger partial charge on any atom is -0.487 e. The number of hydrogen-bond acceptors (Lipinski definition) is 5. The van der Waals surface area contributed by atoms with E-state index in [2.05, 4.69) is 9.93 Å². The van der Waals surface area contributed by atoms with Crippen LogP contribution in [-0.2, 0) is 16.6 Å². The number of rotatable bonds is 7. The highest BCUT2D eigenvalue weighted by atomic mass is 35.5. The van der Waals surface area contributed by atoms with Crippen LogP contribution >= 0.6 is 22.9 Å². The summed E-state index contributed by atoms with van der Waals surface area (Å²) >= 11 is 7.34. The fourth-order valence-electron chi connectivity index (χ4n) is 2.08. The monoisotopic (exact) mass is 406 g/mol. The maximum atomic E-state index is 12.0. The smallest absolute Gasteiger partial charge is 0.286 e. The molecule has 134 valence electrons. The molecular formula is C18H15ClN2O3S2. The van der Waals surface area contributed by atoms with Crippen molar-refractivity contribution < 1.29 is 13.2 Å². The lowest BCUT2D eigenvalue weighted by atomic mass is 10.2. The molecule has 1 heterocycles. The van der Waals surface area contributed by atoms with E-state index in [1.165, 1.54) is 12.3 Å². The van der Waals surface area contributed by atoms with E-state index in [4.69, 9.17) is 16.3 Å². The number of nitrogens with one attached hydrogen (secondary N) is 1. The van der Waals surface area contributed by atoms with Gasteiger partial charge in [-0.3, -0.25) is 0 Å². The Labute approximate surface area is 161 Å². The van der Waals surface area contributed by atoms with Crippen molar-refractivity contribution in [1.29, 1.82) is 0 Å². The molecule has 0 bridgehead atoms. The SMILES string of the molecule is O=S(=O)(N/N=C/c1ccc(OCc2ccccc2)c(Cl)c1)c1cccs1. The van der Waals surface area contributed by atoms with Crippen LogP contribution < -0.4 is 9.57 Å². The molecule has 0 saturated heterocycles. The lowest BCUT2D eigenvalue weighted by Crippen LogP contribution is -2.17. The molecular weight excluding hydrogens is 392 g/mol. The highest BCUT2D eigenvalue weighted by Gasteiger charge is 2.13. The molecule has 0 aliphatic heterocycles. The van der Waals surface area contributed by atoms with E-state index < -0.39 is 10.0 Å². The van der Waals surface area contributed by atoms with Crippen molar-refractivity contribution in [3.8, 4) is 5.75 Å². The molecule has 2 aromatic carbocycles. The van der Waals surface area contributed by atoms with Crippen molar-refractivity contribution in [1.82, 2.24) is 4.83 Å². The second-order valence-electron chi connectivity index (χ2n) is 5.25. The molecule has 0 aliphatic carbocycles. The number of nitrogens with zero attached hydrogens (tertiary/aromatic N) is 1. The normalized spacial score (nSPS) is 11.6. The fraction of sp³-hybridized carbons (Fsp3) is 0.0556. The summed E-state index contributed by atoms with van der Waals surface area (Å²) in [6.45, 7) is 0.411. The molecule has 8 heteroatoms. The number of sulfonamides is 1. The highest BCUT2D eigenvalue weighted by molar-refractivity contribution is 7.91. The molecule has 3 rings (SSSR count). The van der Waals surface area contributed by atoms with Crippen LogP contribution in [0.5, 0.6) is 5.75 Å². The Kier molecular flexibility index (Phi) is 5.92. The van der Waals surface area contributed by atoms with Gasteiger partial charge in [-0.15, -0.1) is 11.3 Å². The van der Waals surface area contributed by atoms with Crippen LogP contribution in [0.3, 0.4) is 0 Å². The van der Waals surface area contributed by atoms with Gasteiger partial charge < -0.3 is 4.74 Å². The first-order valence-corrected chi connectivity index (χ1v) is 10.3. The molecule has 1 aromatic heterocycles. The van der Waals surface area contributed by atoms with E-state index in [9.17, 15) is 8.42 Å². The maximum absolute atomic E-state index is 12.0. The van der Waals surface area contributed by atoms with Gasteiger partial charge in [0.25, 0.3) is 10.0 Å². The van der Waals surface area contributed by atoms with E-state index in [-0.39, 0.29) is 4.21 Å². The van der Waals surface area contributed by atoms with E-state index in [0.717, 1.165) is 16.9 Å². The molecule has 0 radical (unpaired) electrons. The molecule has 0 aliphatic rings. The Morgan fingerprint density at radius 3 is 2.62 bits per heavy atom. The maximum Gasteiger partial charge on any atom is 0.286 e. The molecule has 0 atom stereocenters. The highest BCUT2D eigenvalue weighted by Crippen LogP contribution is 2.26. The molecule has 5 nitrogen and oxygen atoms in total. The average molecular weight is 407 g/mol. The number of ether oxygens (including phenoxy) is 1. The van der Waals surface area contributed by atoms with Crippen LogP contribution in [0.25, 0.3) is 0 Å². The number of benzene rings is 2. The average Bonchev–Trinajstić information content (AvgIpc) is 3.17. The Bertz CT molecular complexity index is 989. The molecule has 0 unspecified atom stereocenters. The summed E-state index contributed by atoms with van der Waals surface area (Å²) in [5.41, 5.74) is 1.69. The van der Waals surface area contributed by atoms with Gasteiger partial charge in [-0.05, 0) is 40.8 Å². The lowest BCUT2D eigenvalue weighted by Gasteiger charge is -2.08. The Balaban J connectivity index is 1.62. The first kappa shape index (κ1) is 18.4. The molecule has 1 N–H and O–H groups in total. The van der Waals surface area contributed by atoms with E-state index >= 15 is 0 Å². The molecule has 3 aromatic rings. The third kappa shape index (κ3) is 4.85. The minimum absolute atomic E-state index is 0.206. The van der Waals surface area contributed by atoms with Gasteiger partial charge in [0.15, 0.2) is 0 Å². The predicted molar refractivity (Wildman–Crippen MR) is 104 cm³/mol. The summed E-state index contributed by atoms with van der Waals surface area (Å²) in [5, 5.41) is 5.89. The number of hydrazone groups is 1. The third-order valence-corrected chi connectivity index (χ3v) is 6.26. The van der Waals surface area contributed by atoms with Gasteiger partial charge in [0.1, 0.15) is 16.6 Å². The van der Waals surface area contributed by atoms with Crippen LogP contribution in [0.1, 0.15) is 11.1 Å². The summed E-state index contributed by atoms with van der Waals surface area (Å²) in [7, 11) is -3.63. The third-order valence-electron chi connectivity index (χ3n) is 3.34. The number of thiophene rings is 1. The summed E-state index contributed by atoms with van der Waals surface area (Å²) < 4.78 is 29.8. The quantitative estimate of drug-likeness (QED) is 0.470. The van der Waals surface area contributed by atoms with Gasteiger partial charge in [-0.1, -0.05) is 48.0 Å². The van der Waals surface area contributed by atoms with Crippen molar-refractivity contribution in [3.05, 3.63) is 82.2 Å². The van der Waals surface area contributed by atoms with Crippen molar-refractivity contribution in [3.63, 3.8) is 0 Å². The first-order chi connectivity index (χ1) is 12.5. The molecule has 0 saturated carbocycles. The fourth-order valence-corrected chi connectivity index (χ4v) is 4.10. The van der Waals surface area contributed by atoms with Crippen molar-refractivity contribution >= 4 is 39.2 Å². The molecule has 0 fully saturated rings. The summed E-state index contributed by atoms with van der Waals surface area (Å²) in [6, 6.07) is 18.1. The largest absolute Gasteiger partial charge is 0.487 e.